The molecule has 3 N–H and O–H groups in total. The fraction of sp³-hybridized carbons (Fsp3) is 0.833. The molecule has 2 amide bonds. The number of amides is 2. The van der Waals surface area contributed by atoms with Gasteiger partial charge in [0.1, 0.15) is 6.04 Å². The van der Waals surface area contributed by atoms with Gasteiger partial charge in [-0.1, -0.05) is 13.8 Å². The van der Waals surface area contributed by atoms with Crippen molar-refractivity contribution in [1.29, 1.82) is 0 Å². The molecule has 2 saturated heterocycles. The molecule has 3 fully saturated rings. The first-order valence-corrected chi connectivity index (χ1v) is 6.31. The summed E-state index contributed by atoms with van der Waals surface area (Å²) in [5.41, 5.74) is 0. The Bertz CT molecular complexity index is 324. The molecule has 2 atom stereocenters. The van der Waals surface area contributed by atoms with Crippen molar-refractivity contribution in [3.8, 4) is 0 Å². The van der Waals surface area contributed by atoms with Gasteiger partial charge in [-0.25, -0.2) is 0 Å². The largest absolute Gasteiger partial charge is 0.357 e. The molecule has 5 heteroatoms. The minimum absolute atomic E-state index is 0.0303. The maximum Gasteiger partial charge on any atom is 0.242 e. The van der Waals surface area contributed by atoms with Crippen molar-refractivity contribution in [3.63, 3.8) is 0 Å². The smallest absolute Gasteiger partial charge is 0.242 e. The Kier molecular flexibility index (Phi) is 3.38. The molecular formula is C12H21N3O2. The molecule has 0 aromatic carbocycles. The van der Waals surface area contributed by atoms with Crippen LogP contribution in [0, 0.1) is 11.8 Å². The lowest BCUT2D eigenvalue weighted by molar-refractivity contribution is -0.130. The Labute approximate surface area is 102 Å². The molecule has 0 radical (unpaired) electrons. The number of rotatable bonds is 4. The zero-order valence-electron chi connectivity index (χ0n) is 10.6. The molecular weight excluding hydrogens is 218 g/mol. The van der Waals surface area contributed by atoms with Crippen LogP contribution in [-0.4, -0.2) is 37.0 Å². The molecule has 2 bridgehead atoms. The van der Waals surface area contributed by atoms with Crippen molar-refractivity contribution < 1.29 is 9.59 Å². The zero-order chi connectivity index (χ0) is 12.6. The third-order valence-corrected chi connectivity index (χ3v) is 3.84. The molecule has 0 aromatic rings. The molecule has 0 spiro atoms. The summed E-state index contributed by atoms with van der Waals surface area (Å²) >= 11 is 0. The van der Waals surface area contributed by atoms with Crippen LogP contribution in [0.1, 0.15) is 26.7 Å². The Balaban J connectivity index is 1.93. The molecule has 96 valence electrons. The van der Waals surface area contributed by atoms with Gasteiger partial charge in [0.05, 0.1) is 6.04 Å². The summed E-state index contributed by atoms with van der Waals surface area (Å²) in [7, 11) is 1.59. The first kappa shape index (κ1) is 12.4. The Morgan fingerprint density at radius 2 is 1.94 bits per heavy atom. The second-order valence-corrected chi connectivity index (χ2v) is 5.42. The van der Waals surface area contributed by atoms with Crippen LogP contribution in [0.3, 0.4) is 0 Å². The van der Waals surface area contributed by atoms with Crippen LogP contribution in [0.25, 0.3) is 0 Å². The maximum absolute atomic E-state index is 12.1. The van der Waals surface area contributed by atoms with Crippen molar-refractivity contribution in [2.45, 2.75) is 44.8 Å². The van der Waals surface area contributed by atoms with Gasteiger partial charge in [0, 0.05) is 13.1 Å². The third-order valence-electron chi connectivity index (χ3n) is 3.84. The quantitative estimate of drug-likeness (QED) is 0.626. The predicted molar refractivity (Wildman–Crippen MR) is 64.3 cm³/mol. The van der Waals surface area contributed by atoms with Gasteiger partial charge in [0.2, 0.25) is 11.8 Å². The van der Waals surface area contributed by atoms with E-state index in [4.69, 9.17) is 0 Å². The number of carbonyl (C=O) groups excluding carboxylic acids is 2. The van der Waals surface area contributed by atoms with Crippen LogP contribution in [0.15, 0.2) is 0 Å². The number of likely N-dealkylation sites (N-methyl/N-ethyl adjacent to an activating group) is 1. The van der Waals surface area contributed by atoms with E-state index in [1.807, 2.05) is 13.8 Å². The van der Waals surface area contributed by atoms with Gasteiger partial charge in [-0.05, 0) is 24.7 Å². The average molecular weight is 239 g/mol. The monoisotopic (exact) mass is 239 g/mol. The molecule has 1 saturated carbocycles. The van der Waals surface area contributed by atoms with Gasteiger partial charge in [0.25, 0.3) is 0 Å². The number of fused-ring (bicyclic) bond motifs is 1. The Hall–Kier alpha value is -1.10. The van der Waals surface area contributed by atoms with E-state index in [0.29, 0.717) is 12.0 Å². The minimum atomic E-state index is -0.438. The van der Waals surface area contributed by atoms with Gasteiger partial charge in [-0.3, -0.25) is 9.59 Å². The molecule has 5 nitrogen and oxygen atoms in total. The fourth-order valence-electron chi connectivity index (χ4n) is 2.68. The summed E-state index contributed by atoms with van der Waals surface area (Å²) in [4.78, 5) is 23.7. The minimum Gasteiger partial charge on any atom is -0.357 e. The maximum atomic E-state index is 12.1. The van der Waals surface area contributed by atoms with Crippen LogP contribution in [0.2, 0.25) is 0 Å². The van der Waals surface area contributed by atoms with Gasteiger partial charge in [-0.2, -0.15) is 0 Å². The third kappa shape index (κ3) is 2.29. The van der Waals surface area contributed by atoms with Crippen LogP contribution in [0.4, 0.5) is 0 Å². The lowest BCUT2D eigenvalue weighted by Crippen LogP contribution is -2.53. The van der Waals surface area contributed by atoms with Crippen LogP contribution >= 0.6 is 0 Å². The van der Waals surface area contributed by atoms with Crippen molar-refractivity contribution in [2.75, 3.05) is 7.05 Å². The highest BCUT2D eigenvalue weighted by Gasteiger charge is 2.47. The molecule has 1 unspecified atom stereocenters. The highest BCUT2D eigenvalue weighted by molar-refractivity contribution is 5.90. The summed E-state index contributed by atoms with van der Waals surface area (Å²) in [5.74, 6) is 0.406. The van der Waals surface area contributed by atoms with Crippen molar-refractivity contribution in [2.24, 2.45) is 11.8 Å². The first-order chi connectivity index (χ1) is 8.02. The van der Waals surface area contributed by atoms with Gasteiger partial charge in [-0.15, -0.1) is 0 Å². The van der Waals surface area contributed by atoms with Crippen molar-refractivity contribution in [1.82, 2.24) is 16.0 Å². The molecule has 1 aliphatic carbocycles. The van der Waals surface area contributed by atoms with Gasteiger partial charge >= 0.3 is 0 Å². The number of hydrogen-bond donors (Lipinski definition) is 3. The highest BCUT2D eigenvalue weighted by atomic mass is 16.2. The molecule has 3 rings (SSSR count). The van der Waals surface area contributed by atoms with Gasteiger partial charge < -0.3 is 16.0 Å². The summed E-state index contributed by atoms with van der Waals surface area (Å²) in [5, 5.41) is 8.73. The van der Waals surface area contributed by atoms with E-state index in [2.05, 4.69) is 16.0 Å². The second-order valence-electron chi connectivity index (χ2n) is 5.42. The summed E-state index contributed by atoms with van der Waals surface area (Å²) < 4.78 is 0. The normalized spacial score (nSPS) is 31.9. The molecule has 17 heavy (non-hydrogen) atoms. The molecule has 0 aromatic heterocycles. The summed E-state index contributed by atoms with van der Waals surface area (Å²) in [6.45, 7) is 3.87. The SMILES string of the molecule is CNC(=O)[C@@H](NC(=O)C1NC2CC1C2)C(C)C. The number of hydrogen-bond acceptors (Lipinski definition) is 3. The van der Waals surface area contributed by atoms with E-state index in [1.54, 1.807) is 7.05 Å². The standard InChI is InChI=1S/C12H21N3O2/c1-6(2)9(11(16)13-3)15-12(17)10-7-4-8(5-7)14-10/h6-10,14H,4-5H2,1-3H3,(H,13,16)(H,15,17)/t7?,8?,9-,10?/m0/s1. The fourth-order valence-corrected chi connectivity index (χ4v) is 2.68. The summed E-state index contributed by atoms with van der Waals surface area (Å²) in [6.07, 6.45) is 2.20. The Morgan fingerprint density at radius 3 is 2.35 bits per heavy atom. The van der Waals surface area contributed by atoms with Crippen molar-refractivity contribution >= 4 is 11.8 Å². The lowest BCUT2D eigenvalue weighted by atomic mass is 9.82. The van der Waals surface area contributed by atoms with E-state index in [1.165, 1.54) is 0 Å². The Morgan fingerprint density at radius 1 is 1.29 bits per heavy atom. The molecule has 3 aliphatic rings. The number of nitrogens with one attached hydrogen (secondary N) is 3. The molecule has 2 aliphatic heterocycles. The predicted octanol–water partition coefficient (Wildman–Crippen LogP) is -0.376. The van der Waals surface area contributed by atoms with Crippen LogP contribution < -0.4 is 16.0 Å². The van der Waals surface area contributed by atoms with Crippen LogP contribution in [0.5, 0.6) is 0 Å². The zero-order valence-corrected chi connectivity index (χ0v) is 10.6. The topological polar surface area (TPSA) is 70.2 Å². The first-order valence-electron chi connectivity index (χ1n) is 6.31. The second kappa shape index (κ2) is 4.64. The average Bonchev–Trinajstić information content (AvgIpc) is 2.82. The number of carbonyl (C=O) groups is 2. The van der Waals surface area contributed by atoms with E-state index in [9.17, 15) is 9.59 Å². The van der Waals surface area contributed by atoms with Crippen molar-refractivity contribution in [3.05, 3.63) is 0 Å². The van der Waals surface area contributed by atoms with E-state index < -0.39 is 6.04 Å². The van der Waals surface area contributed by atoms with E-state index in [-0.39, 0.29) is 23.8 Å². The van der Waals surface area contributed by atoms with E-state index >= 15 is 0 Å². The van der Waals surface area contributed by atoms with Crippen LogP contribution in [-0.2, 0) is 9.59 Å². The molecule has 2 heterocycles. The van der Waals surface area contributed by atoms with E-state index in [0.717, 1.165) is 12.8 Å². The highest BCUT2D eigenvalue weighted by Crippen LogP contribution is 2.38. The lowest BCUT2D eigenvalue weighted by Gasteiger charge is -2.25. The van der Waals surface area contributed by atoms with Gasteiger partial charge in [0.15, 0.2) is 0 Å². The summed E-state index contributed by atoms with van der Waals surface area (Å²) in [6, 6.07) is -0.00809.